The van der Waals surface area contributed by atoms with Gasteiger partial charge in [-0.1, -0.05) is 0 Å². The molecule has 0 saturated carbocycles. The third-order valence-electron chi connectivity index (χ3n) is 5.57. The number of hydrogen-bond donors (Lipinski definition) is 0. The minimum Gasteiger partial charge on any atom is -0.497 e. The molecule has 2 aromatic carbocycles. The molecule has 6 nitrogen and oxygen atoms in total. The van der Waals surface area contributed by atoms with Crippen molar-refractivity contribution < 1.29 is 18.6 Å². The summed E-state index contributed by atoms with van der Waals surface area (Å²) in [6.07, 6.45) is 2.11. The lowest BCUT2D eigenvalue weighted by atomic mass is 10.0. The molecule has 152 valence electrons. The Labute approximate surface area is 169 Å². The first-order valence-corrected chi connectivity index (χ1v) is 9.69. The molecule has 0 spiro atoms. The van der Waals surface area contributed by atoms with Crippen LogP contribution in [0.2, 0.25) is 0 Å². The second-order valence-corrected chi connectivity index (χ2v) is 7.19. The highest BCUT2D eigenvalue weighted by Gasteiger charge is 2.29. The Morgan fingerprint density at radius 2 is 1.76 bits per heavy atom. The molecule has 29 heavy (non-hydrogen) atoms. The summed E-state index contributed by atoms with van der Waals surface area (Å²) in [4.78, 5) is 14.5. The maximum absolute atomic E-state index is 12.2. The van der Waals surface area contributed by atoms with Crippen molar-refractivity contribution in [1.82, 2.24) is 4.90 Å². The molecule has 1 aliphatic heterocycles. The Bertz CT molecular complexity index is 1070. The van der Waals surface area contributed by atoms with E-state index < -0.39 is 0 Å². The molecule has 0 bridgehead atoms. The van der Waals surface area contributed by atoms with Crippen molar-refractivity contribution in [3.05, 3.63) is 64.0 Å². The molecule has 1 fully saturated rings. The van der Waals surface area contributed by atoms with Crippen LogP contribution in [-0.4, -0.2) is 32.8 Å². The molecule has 1 saturated heterocycles. The van der Waals surface area contributed by atoms with Gasteiger partial charge >= 0.3 is 5.63 Å². The van der Waals surface area contributed by atoms with Gasteiger partial charge in [-0.05, 0) is 55.3 Å². The van der Waals surface area contributed by atoms with Crippen LogP contribution < -0.4 is 19.8 Å². The topological polar surface area (TPSA) is 61.1 Å². The van der Waals surface area contributed by atoms with Crippen molar-refractivity contribution >= 4 is 11.0 Å². The zero-order valence-electron chi connectivity index (χ0n) is 16.9. The van der Waals surface area contributed by atoms with Crippen LogP contribution >= 0.6 is 0 Å². The van der Waals surface area contributed by atoms with Crippen LogP contribution in [0.1, 0.15) is 30.0 Å². The summed E-state index contributed by atoms with van der Waals surface area (Å²) >= 11 is 0. The van der Waals surface area contributed by atoms with E-state index in [1.165, 1.54) is 0 Å². The van der Waals surface area contributed by atoms with Crippen molar-refractivity contribution in [3.8, 4) is 17.2 Å². The van der Waals surface area contributed by atoms with Gasteiger partial charge in [0.1, 0.15) is 22.8 Å². The van der Waals surface area contributed by atoms with E-state index in [0.29, 0.717) is 17.9 Å². The first kappa shape index (κ1) is 19.3. The first-order valence-electron chi connectivity index (χ1n) is 9.69. The average molecular weight is 395 g/mol. The van der Waals surface area contributed by atoms with E-state index in [1.807, 2.05) is 30.3 Å². The normalized spacial score (nSPS) is 16.9. The largest absolute Gasteiger partial charge is 0.497 e. The van der Waals surface area contributed by atoms with Gasteiger partial charge in [-0.25, -0.2) is 4.79 Å². The van der Waals surface area contributed by atoms with Crippen molar-refractivity contribution in [2.24, 2.45) is 0 Å². The van der Waals surface area contributed by atoms with Gasteiger partial charge in [-0.15, -0.1) is 0 Å². The molecule has 3 aromatic rings. The highest BCUT2D eigenvalue weighted by atomic mass is 16.5. The molecule has 6 heteroatoms. The molecule has 0 amide bonds. The van der Waals surface area contributed by atoms with Gasteiger partial charge in [0.15, 0.2) is 0 Å². The first-order chi connectivity index (χ1) is 14.1. The minimum absolute atomic E-state index is 0.195. The zero-order chi connectivity index (χ0) is 20.4. The monoisotopic (exact) mass is 395 g/mol. The summed E-state index contributed by atoms with van der Waals surface area (Å²) < 4.78 is 21.7. The van der Waals surface area contributed by atoms with E-state index in [2.05, 4.69) is 4.90 Å². The summed E-state index contributed by atoms with van der Waals surface area (Å²) in [5.41, 5.74) is 2.25. The molecule has 1 atom stereocenters. The number of methoxy groups -OCH3 is 3. The molecular weight excluding hydrogens is 370 g/mol. The van der Waals surface area contributed by atoms with Crippen LogP contribution in [0.15, 0.2) is 51.7 Å². The summed E-state index contributed by atoms with van der Waals surface area (Å²) in [5, 5.41) is 0.925. The van der Waals surface area contributed by atoms with Gasteiger partial charge in [-0.2, -0.15) is 0 Å². The van der Waals surface area contributed by atoms with Crippen LogP contribution in [0.25, 0.3) is 11.0 Å². The minimum atomic E-state index is -0.351. The van der Waals surface area contributed by atoms with Gasteiger partial charge in [0.2, 0.25) is 0 Å². The standard InChI is InChI=1S/C23H25NO5/c1-26-16-7-9-21(28-3)19(12-16)20-5-4-10-24(20)14-15-11-23(25)29-22-13-17(27-2)6-8-18(15)22/h6-9,11-13,20H,4-5,10,14H2,1-3H3/t20-/m0/s1. The number of likely N-dealkylation sites (tertiary alicyclic amines) is 1. The molecule has 0 aliphatic carbocycles. The Morgan fingerprint density at radius 3 is 2.52 bits per heavy atom. The van der Waals surface area contributed by atoms with Gasteiger partial charge in [-0.3, -0.25) is 4.90 Å². The Balaban J connectivity index is 1.70. The van der Waals surface area contributed by atoms with Crippen LogP contribution in [-0.2, 0) is 6.54 Å². The molecule has 0 N–H and O–H groups in total. The molecule has 0 unspecified atom stereocenters. The predicted molar refractivity (Wildman–Crippen MR) is 111 cm³/mol. The maximum Gasteiger partial charge on any atom is 0.336 e. The fourth-order valence-electron chi connectivity index (χ4n) is 4.15. The highest BCUT2D eigenvalue weighted by Crippen LogP contribution is 2.40. The van der Waals surface area contributed by atoms with Crippen LogP contribution in [0.3, 0.4) is 0 Å². The summed E-state index contributed by atoms with van der Waals surface area (Å²) in [7, 11) is 4.95. The van der Waals surface area contributed by atoms with Gasteiger partial charge in [0.25, 0.3) is 0 Å². The lowest BCUT2D eigenvalue weighted by Crippen LogP contribution is -2.24. The van der Waals surface area contributed by atoms with Crippen LogP contribution in [0.4, 0.5) is 0 Å². The third kappa shape index (κ3) is 3.80. The van der Waals surface area contributed by atoms with E-state index >= 15 is 0 Å². The number of rotatable bonds is 6. The maximum atomic E-state index is 12.2. The summed E-state index contributed by atoms with van der Waals surface area (Å²) in [6.45, 7) is 1.60. The van der Waals surface area contributed by atoms with Gasteiger partial charge in [0, 0.05) is 35.7 Å². The number of fused-ring (bicyclic) bond motifs is 1. The number of ether oxygens (including phenoxy) is 3. The van der Waals surface area contributed by atoms with Gasteiger partial charge in [0.05, 0.1) is 21.3 Å². The number of nitrogens with zero attached hydrogens (tertiary/aromatic N) is 1. The average Bonchev–Trinajstić information content (AvgIpc) is 3.20. The highest BCUT2D eigenvalue weighted by molar-refractivity contribution is 5.81. The number of hydrogen-bond acceptors (Lipinski definition) is 6. The predicted octanol–water partition coefficient (Wildman–Crippen LogP) is 4.16. The van der Waals surface area contributed by atoms with Crippen molar-refractivity contribution in [1.29, 1.82) is 0 Å². The van der Waals surface area contributed by atoms with E-state index in [9.17, 15) is 4.79 Å². The van der Waals surface area contributed by atoms with E-state index in [4.69, 9.17) is 18.6 Å². The fraction of sp³-hybridized carbons (Fsp3) is 0.348. The molecule has 1 aromatic heterocycles. The second-order valence-electron chi connectivity index (χ2n) is 7.19. The zero-order valence-corrected chi connectivity index (χ0v) is 16.9. The Kier molecular flexibility index (Phi) is 5.45. The van der Waals surface area contributed by atoms with Gasteiger partial charge < -0.3 is 18.6 Å². The van der Waals surface area contributed by atoms with Crippen LogP contribution in [0.5, 0.6) is 17.2 Å². The third-order valence-corrected chi connectivity index (χ3v) is 5.57. The Morgan fingerprint density at radius 1 is 1.00 bits per heavy atom. The molecule has 4 rings (SSSR count). The lowest BCUT2D eigenvalue weighted by Gasteiger charge is -2.27. The second kappa shape index (κ2) is 8.17. The van der Waals surface area contributed by atoms with E-state index in [1.54, 1.807) is 33.5 Å². The molecule has 0 radical (unpaired) electrons. The molecule has 2 heterocycles. The SMILES string of the molecule is COc1ccc(OC)c([C@@H]2CCCN2Cc2cc(=O)oc3cc(OC)ccc23)c1. The smallest absolute Gasteiger partial charge is 0.336 e. The van der Waals surface area contributed by atoms with E-state index in [0.717, 1.165) is 47.4 Å². The fourth-order valence-corrected chi connectivity index (χ4v) is 4.15. The van der Waals surface area contributed by atoms with Crippen LogP contribution in [0, 0.1) is 0 Å². The summed E-state index contributed by atoms with van der Waals surface area (Å²) in [5.74, 6) is 2.33. The summed E-state index contributed by atoms with van der Waals surface area (Å²) in [6, 6.07) is 13.3. The lowest BCUT2D eigenvalue weighted by molar-refractivity contribution is 0.242. The Hall–Kier alpha value is -2.99. The van der Waals surface area contributed by atoms with Crippen molar-refractivity contribution in [2.45, 2.75) is 25.4 Å². The van der Waals surface area contributed by atoms with Crippen molar-refractivity contribution in [3.63, 3.8) is 0 Å². The molecule has 1 aliphatic rings. The van der Waals surface area contributed by atoms with E-state index in [-0.39, 0.29) is 11.7 Å². The van der Waals surface area contributed by atoms with Crippen molar-refractivity contribution in [2.75, 3.05) is 27.9 Å². The quantitative estimate of drug-likeness (QED) is 0.584. The number of benzene rings is 2. The molecular formula is C23H25NO5.